The van der Waals surface area contributed by atoms with Crippen LogP contribution in [0.1, 0.15) is 17.9 Å². The zero-order valence-electron chi connectivity index (χ0n) is 12.1. The van der Waals surface area contributed by atoms with Crippen LogP contribution in [-0.4, -0.2) is 20.9 Å². The van der Waals surface area contributed by atoms with E-state index in [4.69, 9.17) is 16.7 Å². The van der Waals surface area contributed by atoms with E-state index >= 15 is 0 Å². The lowest BCUT2D eigenvalue weighted by atomic mass is 9.99. The van der Waals surface area contributed by atoms with Gasteiger partial charge in [-0.25, -0.2) is 13.6 Å². The Bertz CT molecular complexity index is 853. The average Bonchev–Trinajstić information content (AvgIpc) is 2.89. The zero-order valence-corrected chi connectivity index (χ0v) is 13.7. The first-order valence-corrected chi connectivity index (χ1v) is 8.96. The molecule has 2 aromatic carbocycles. The molecular formula is C16H15ClN2O3S. The van der Waals surface area contributed by atoms with E-state index in [1.54, 1.807) is 11.0 Å². The topological polar surface area (TPSA) is 80.5 Å². The van der Waals surface area contributed by atoms with E-state index in [0.717, 1.165) is 5.56 Å². The number of halogens is 1. The summed E-state index contributed by atoms with van der Waals surface area (Å²) >= 11 is 6.00. The molecule has 120 valence electrons. The number of carbonyl (C=O) groups excluding carboxylic acids is 1. The third-order valence-corrected chi connectivity index (χ3v) is 5.32. The molecule has 0 radical (unpaired) electrons. The van der Waals surface area contributed by atoms with Crippen LogP contribution >= 0.6 is 11.6 Å². The monoisotopic (exact) mass is 350 g/mol. The maximum Gasteiger partial charge on any atom is 0.239 e. The van der Waals surface area contributed by atoms with Crippen LogP contribution in [0.3, 0.4) is 0 Å². The number of hydrogen-bond donors (Lipinski definition) is 1. The second kappa shape index (κ2) is 5.96. The third-order valence-electron chi connectivity index (χ3n) is 3.93. The van der Waals surface area contributed by atoms with Crippen LogP contribution in [0.4, 0.5) is 5.69 Å². The van der Waals surface area contributed by atoms with Crippen molar-refractivity contribution >= 4 is 33.2 Å². The number of nitrogens with zero attached hydrogens (tertiary/aromatic N) is 1. The smallest absolute Gasteiger partial charge is 0.239 e. The number of amides is 1. The molecule has 1 atom stereocenters. The molecule has 1 fully saturated rings. The summed E-state index contributed by atoms with van der Waals surface area (Å²) in [5, 5.41) is 5.11. The third kappa shape index (κ3) is 3.24. The molecule has 1 aliphatic rings. The lowest BCUT2D eigenvalue weighted by Crippen LogP contribution is -2.24. The predicted molar refractivity (Wildman–Crippen MR) is 89.0 cm³/mol. The van der Waals surface area contributed by atoms with E-state index in [9.17, 15) is 13.2 Å². The Morgan fingerprint density at radius 2 is 1.83 bits per heavy atom. The molecule has 1 amide bonds. The lowest BCUT2D eigenvalue weighted by molar-refractivity contribution is -0.117. The number of carbonyl (C=O) groups is 1. The van der Waals surface area contributed by atoms with Crippen molar-refractivity contribution in [3.05, 3.63) is 59.1 Å². The Hall–Kier alpha value is -1.89. The summed E-state index contributed by atoms with van der Waals surface area (Å²) in [6.07, 6.45) is 0.415. The fraction of sp³-hybridized carbons (Fsp3) is 0.188. The van der Waals surface area contributed by atoms with Crippen molar-refractivity contribution in [2.75, 3.05) is 11.4 Å². The Labute approximate surface area is 139 Å². The molecular weight excluding hydrogens is 336 g/mol. The number of primary sulfonamides is 1. The van der Waals surface area contributed by atoms with Gasteiger partial charge in [0, 0.05) is 24.6 Å². The number of benzene rings is 2. The highest BCUT2D eigenvalue weighted by Crippen LogP contribution is 2.34. The molecule has 5 nitrogen and oxygen atoms in total. The summed E-state index contributed by atoms with van der Waals surface area (Å²) in [6.45, 7) is 0.536. The number of rotatable bonds is 3. The molecule has 2 aromatic rings. The van der Waals surface area contributed by atoms with Crippen LogP contribution in [-0.2, 0) is 14.8 Å². The quantitative estimate of drug-likeness (QED) is 0.923. The number of nitrogens with two attached hydrogens (primary N) is 1. The highest BCUT2D eigenvalue weighted by atomic mass is 35.5. The second-order valence-electron chi connectivity index (χ2n) is 5.48. The molecule has 1 saturated heterocycles. The molecule has 1 unspecified atom stereocenters. The molecule has 3 rings (SSSR count). The van der Waals surface area contributed by atoms with E-state index < -0.39 is 10.0 Å². The summed E-state index contributed by atoms with van der Waals surface area (Å²) in [4.78, 5) is 13.8. The van der Waals surface area contributed by atoms with Crippen molar-refractivity contribution in [1.82, 2.24) is 0 Å². The average molecular weight is 351 g/mol. The van der Waals surface area contributed by atoms with Crippen molar-refractivity contribution in [1.29, 1.82) is 0 Å². The van der Waals surface area contributed by atoms with Gasteiger partial charge in [-0.1, -0.05) is 41.9 Å². The Morgan fingerprint density at radius 3 is 2.43 bits per heavy atom. The van der Waals surface area contributed by atoms with E-state index in [0.29, 0.717) is 18.7 Å². The molecule has 7 heteroatoms. The number of sulfonamides is 1. The van der Waals surface area contributed by atoms with Gasteiger partial charge in [-0.2, -0.15) is 0 Å². The highest BCUT2D eigenvalue weighted by molar-refractivity contribution is 7.89. The zero-order chi connectivity index (χ0) is 16.6. The van der Waals surface area contributed by atoms with Gasteiger partial charge in [0.15, 0.2) is 0 Å². The van der Waals surface area contributed by atoms with E-state index in [-0.39, 0.29) is 21.7 Å². The van der Waals surface area contributed by atoms with Crippen LogP contribution in [0.15, 0.2) is 53.4 Å². The van der Waals surface area contributed by atoms with Gasteiger partial charge in [0.25, 0.3) is 0 Å². The standard InChI is InChI=1S/C16H15ClN2O3S/c17-14-9-13(6-7-15(14)23(18,21)22)19-10-12(8-16(19)20)11-4-2-1-3-5-11/h1-7,9,12H,8,10H2,(H2,18,21,22). The van der Waals surface area contributed by atoms with Gasteiger partial charge in [-0.05, 0) is 23.8 Å². The SMILES string of the molecule is NS(=O)(=O)c1ccc(N2CC(c3ccccc3)CC2=O)cc1Cl. The summed E-state index contributed by atoms with van der Waals surface area (Å²) in [7, 11) is -3.88. The minimum atomic E-state index is -3.88. The van der Waals surface area contributed by atoms with Crippen LogP contribution in [0, 0.1) is 0 Å². The molecule has 0 aliphatic carbocycles. The predicted octanol–water partition coefficient (Wildman–Crippen LogP) is 2.51. The fourth-order valence-electron chi connectivity index (χ4n) is 2.79. The first-order valence-electron chi connectivity index (χ1n) is 7.04. The molecule has 23 heavy (non-hydrogen) atoms. The van der Waals surface area contributed by atoms with Gasteiger partial charge in [0.1, 0.15) is 4.90 Å². The Balaban J connectivity index is 1.88. The van der Waals surface area contributed by atoms with Crippen LogP contribution in [0.2, 0.25) is 5.02 Å². The van der Waals surface area contributed by atoms with E-state index in [2.05, 4.69) is 0 Å². The van der Waals surface area contributed by atoms with Crippen molar-refractivity contribution in [3.63, 3.8) is 0 Å². The minimum absolute atomic E-state index is 0.0148. The van der Waals surface area contributed by atoms with E-state index in [1.807, 2.05) is 30.3 Å². The van der Waals surface area contributed by atoms with Crippen molar-refractivity contribution in [2.24, 2.45) is 5.14 Å². The van der Waals surface area contributed by atoms with Crippen LogP contribution in [0.5, 0.6) is 0 Å². The lowest BCUT2D eigenvalue weighted by Gasteiger charge is -2.18. The van der Waals surface area contributed by atoms with Crippen LogP contribution in [0.25, 0.3) is 0 Å². The number of hydrogen-bond acceptors (Lipinski definition) is 3. The Kier molecular flexibility index (Phi) is 4.14. The molecule has 0 saturated carbocycles. The molecule has 1 aliphatic heterocycles. The molecule has 2 N–H and O–H groups in total. The molecule has 0 spiro atoms. The first kappa shape index (κ1) is 16.0. The van der Waals surface area contributed by atoms with Gasteiger partial charge in [0.05, 0.1) is 5.02 Å². The minimum Gasteiger partial charge on any atom is -0.312 e. The highest BCUT2D eigenvalue weighted by Gasteiger charge is 2.32. The largest absolute Gasteiger partial charge is 0.312 e. The van der Waals surface area contributed by atoms with Crippen molar-refractivity contribution in [2.45, 2.75) is 17.2 Å². The fourth-order valence-corrected chi connectivity index (χ4v) is 3.88. The summed E-state index contributed by atoms with van der Waals surface area (Å²) in [5.74, 6) is 0.0960. The number of anilines is 1. The van der Waals surface area contributed by atoms with Gasteiger partial charge in [-0.15, -0.1) is 0 Å². The van der Waals surface area contributed by atoms with Gasteiger partial charge < -0.3 is 4.90 Å². The maximum absolute atomic E-state index is 12.3. The maximum atomic E-state index is 12.3. The molecule has 0 bridgehead atoms. The van der Waals surface area contributed by atoms with Crippen molar-refractivity contribution < 1.29 is 13.2 Å². The normalized spacial score (nSPS) is 18.4. The first-order chi connectivity index (χ1) is 10.9. The molecule has 1 heterocycles. The van der Waals surface area contributed by atoms with Gasteiger partial charge in [-0.3, -0.25) is 4.79 Å². The summed E-state index contributed by atoms with van der Waals surface area (Å²) < 4.78 is 22.8. The van der Waals surface area contributed by atoms with Gasteiger partial charge >= 0.3 is 0 Å². The van der Waals surface area contributed by atoms with Crippen LogP contribution < -0.4 is 10.0 Å². The van der Waals surface area contributed by atoms with Gasteiger partial charge in [0.2, 0.25) is 15.9 Å². The van der Waals surface area contributed by atoms with E-state index in [1.165, 1.54) is 12.1 Å². The Morgan fingerprint density at radius 1 is 1.13 bits per heavy atom. The van der Waals surface area contributed by atoms with Crippen molar-refractivity contribution in [3.8, 4) is 0 Å². The second-order valence-corrected chi connectivity index (χ2v) is 7.41. The summed E-state index contributed by atoms with van der Waals surface area (Å²) in [5.41, 5.74) is 1.68. The molecule has 0 aromatic heterocycles. The summed E-state index contributed by atoms with van der Waals surface area (Å²) in [6, 6.07) is 14.2.